The molecule has 0 N–H and O–H groups in total. The predicted octanol–water partition coefficient (Wildman–Crippen LogP) is 3.02. The van der Waals surface area contributed by atoms with E-state index in [9.17, 15) is 8.42 Å². The Morgan fingerprint density at radius 1 is 1.17 bits per heavy atom. The normalized spacial score (nSPS) is 16.4. The fourth-order valence-electron chi connectivity index (χ4n) is 3.39. The molecule has 0 amide bonds. The Kier molecular flexibility index (Phi) is 5.26. The van der Waals surface area contributed by atoms with Crippen molar-refractivity contribution in [1.82, 2.24) is 24.0 Å². The van der Waals surface area contributed by atoms with Crippen molar-refractivity contribution in [3.8, 4) is 11.5 Å². The summed E-state index contributed by atoms with van der Waals surface area (Å²) in [5, 5.41) is 4.08. The topological polar surface area (TPSA) is 94.1 Å². The van der Waals surface area contributed by atoms with Gasteiger partial charge in [0, 0.05) is 24.8 Å². The first kappa shape index (κ1) is 19.8. The van der Waals surface area contributed by atoms with Crippen molar-refractivity contribution >= 4 is 10.0 Å². The standard InChI is InChI=1S/C20H25N5O3S/c1-14-6-8-25(9-7-14)29(26,27)19-12-24(13-21-19)11-18-22-20(28-23-18)17-5-4-15(2)16(3)10-17/h4-5,10,12-14H,6-9,11H2,1-3H3. The largest absolute Gasteiger partial charge is 0.334 e. The van der Waals surface area contributed by atoms with E-state index in [2.05, 4.69) is 22.0 Å². The number of imidazole rings is 1. The SMILES string of the molecule is Cc1ccc(-c2nc(Cn3cnc(S(=O)(=O)N4CCC(C)CC4)c3)no2)cc1C. The van der Waals surface area contributed by atoms with Gasteiger partial charge in [-0.3, -0.25) is 0 Å². The average Bonchev–Trinajstić information content (AvgIpc) is 3.35. The Bertz CT molecular complexity index is 1110. The molecule has 2 aromatic heterocycles. The Morgan fingerprint density at radius 2 is 1.93 bits per heavy atom. The zero-order valence-electron chi connectivity index (χ0n) is 16.9. The van der Waals surface area contributed by atoms with Crippen molar-refractivity contribution in [1.29, 1.82) is 0 Å². The van der Waals surface area contributed by atoms with Crippen LogP contribution in [-0.4, -0.2) is 45.5 Å². The maximum absolute atomic E-state index is 12.8. The number of benzene rings is 1. The number of hydrogen-bond donors (Lipinski definition) is 0. The zero-order chi connectivity index (χ0) is 20.6. The first-order valence-corrected chi connectivity index (χ1v) is 11.2. The number of aryl methyl sites for hydroxylation is 2. The maximum atomic E-state index is 12.8. The Labute approximate surface area is 170 Å². The van der Waals surface area contributed by atoms with Crippen molar-refractivity contribution in [2.24, 2.45) is 5.92 Å². The van der Waals surface area contributed by atoms with Crippen LogP contribution in [0.15, 0.2) is 40.3 Å². The molecule has 0 bridgehead atoms. The quantitative estimate of drug-likeness (QED) is 0.636. The minimum Gasteiger partial charge on any atom is -0.334 e. The van der Waals surface area contributed by atoms with E-state index < -0.39 is 10.0 Å². The van der Waals surface area contributed by atoms with Gasteiger partial charge in [0.15, 0.2) is 10.9 Å². The van der Waals surface area contributed by atoms with Crippen molar-refractivity contribution in [2.45, 2.75) is 45.2 Å². The monoisotopic (exact) mass is 415 g/mol. The molecule has 1 aromatic carbocycles. The van der Waals surface area contributed by atoms with E-state index in [-0.39, 0.29) is 11.6 Å². The van der Waals surface area contributed by atoms with E-state index in [1.54, 1.807) is 4.57 Å². The molecule has 0 aliphatic carbocycles. The third kappa shape index (κ3) is 4.11. The maximum Gasteiger partial charge on any atom is 0.262 e. The van der Waals surface area contributed by atoms with E-state index in [4.69, 9.17) is 4.52 Å². The highest BCUT2D eigenvalue weighted by Crippen LogP contribution is 2.23. The molecule has 1 saturated heterocycles. The third-order valence-electron chi connectivity index (χ3n) is 5.50. The molecule has 0 atom stereocenters. The van der Waals surface area contributed by atoms with Crippen LogP contribution in [0.4, 0.5) is 0 Å². The highest BCUT2D eigenvalue weighted by Gasteiger charge is 2.29. The molecule has 0 saturated carbocycles. The summed E-state index contributed by atoms with van der Waals surface area (Å²) in [7, 11) is -3.57. The van der Waals surface area contributed by atoms with E-state index in [1.165, 1.54) is 22.4 Å². The van der Waals surface area contributed by atoms with Gasteiger partial charge in [0.2, 0.25) is 0 Å². The molecule has 1 aliphatic rings. The van der Waals surface area contributed by atoms with Gasteiger partial charge in [-0.15, -0.1) is 0 Å². The van der Waals surface area contributed by atoms with E-state index in [0.717, 1.165) is 24.0 Å². The summed E-state index contributed by atoms with van der Waals surface area (Å²) >= 11 is 0. The van der Waals surface area contributed by atoms with Gasteiger partial charge in [0.25, 0.3) is 15.9 Å². The van der Waals surface area contributed by atoms with Gasteiger partial charge >= 0.3 is 0 Å². The summed E-state index contributed by atoms with van der Waals surface area (Å²) < 4.78 is 34.2. The molecule has 0 spiro atoms. The smallest absolute Gasteiger partial charge is 0.262 e. The molecule has 3 heterocycles. The molecule has 1 aliphatic heterocycles. The molecule has 1 fully saturated rings. The molecule has 4 rings (SSSR count). The van der Waals surface area contributed by atoms with Crippen LogP contribution in [0.3, 0.4) is 0 Å². The molecule has 29 heavy (non-hydrogen) atoms. The molecular weight excluding hydrogens is 390 g/mol. The van der Waals surface area contributed by atoms with Crippen molar-refractivity contribution in [3.05, 3.63) is 47.7 Å². The Balaban J connectivity index is 1.48. The van der Waals surface area contributed by atoms with Crippen molar-refractivity contribution < 1.29 is 12.9 Å². The van der Waals surface area contributed by atoms with E-state index in [0.29, 0.717) is 30.7 Å². The number of nitrogens with zero attached hydrogens (tertiary/aromatic N) is 5. The van der Waals surface area contributed by atoms with Gasteiger partial charge in [-0.2, -0.15) is 9.29 Å². The van der Waals surface area contributed by atoms with Gasteiger partial charge in [0.1, 0.15) is 0 Å². The fourth-order valence-corrected chi connectivity index (χ4v) is 4.79. The summed E-state index contributed by atoms with van der Waals surface area (Å²) in [6.07, 6.45) is 4.78. The number of hydrogen-bond acceptors (Lipinski definition) is 6. The summed E-state index contributed by atoms with van der Waals surface area (Å²) in [6.45, 7) is 7.60. The lowest BCUT2D eigenvalue weighted by Crippen LogP contribution is -2.38. The van der Waals surface area contributed by atoms with Crippen LogP contribution in [0.5, 0.6) is 0 Å². The van der Waals surface area contributed by atoms with Crippen LogP contribution >= 0.6 is 0 Å². The van der Waals surface area contributed by atoms with Gasteiger partial charge in [-0.05, 0) is 55.9 Å². The second kappa shape index (κ2) is 7.72. The highest BCUT2D eigenvalue weighted by atomic mass is 32.2. The van der Waals surface area contributed by atoms with Crippen LogP contribution in [0.1, 0.15) is 36.7 Å². The minimum atomic E-state index is -3.57. The van der Waals surface area contributed by atoms with Crippen LogP contribution in [0.2, 0.25) is 0 Å². The second-order valence-corrected chi connectivity index (χ2v) is 9.67. The lowest BCUT2D eigenvalue weighted by atomic mass is 10.0. The molecular formula is C20H25N5O3S. The molecule has 0 unspecified atom stereocenters. The molecule has 154 valence electrons. The third-order valence-corrected chi connectivity index (χ3v) is 7.29. The number of aromatic nitrogens is 4. The summed E-state index contributed by atoms with van der Waals surface area (Å²) in [4.78, 5) is 8.54. The Hall–Kier alpha value is -2.52. The second-order valence-electron chi connectivity index (χ2n) is 7.79. The number of rotatable bonds is 5. The Morgan fingerprint density at radius 3 is 2.66 bits per heavy atom. The summed E-state index contributed by atoms with van der Waals surface area (Å²) in [5.41, 5.74) is 3.21. The lowest BCUT2D eigenvalue weighted by molar-refractivity contribution is 0.287. The van der Waals surface area contributed by atoms with Crippen LogP contribution in [0.25, 0.3) is 11.5 Å². The lowest BCUT2D eigenvalue weighted by Gasteiger charge is -2.28. The summed E-state index contributed by atoms with van der Waals surface area (Å²) in [6, 6.07) is 5.97. The van der Waals surface area contributed by atoms with Gasteiger partial charge in [-0.25, -0.2) is 13.4 Å². The van der Waals surface area contributed by atoms with E-state index >= 15 is 0 Å². The highest BCUT2D eigenvalue weighted by molar-refractivity contribution is 7.89. The van der Waals surface area contributed by atoms with Crippen molar-refractivity contribution in [2.75, 3.05) is 13.1 Å². The molecule has 8 nitrogen and oxygen atoms in total. The average molecular weight is 416 g/mol. The van der Waals surface area contributed by atoms with Crippen LogP contribution < -0.4 is 0 Å². The minimum absolute atomic E-state index is 0.0601. The first-order chi connectivity index (χ1) is 13.8. The van der Waals surface area contributed by atoms with Gasteiger partial charge < -0.3 is 9.09 Å². The first-order valence-electron chi connectivity index (χ1n) is 9.75. The number of piperidine rings is 1. The molecule has 3 aromatic rings. The van der Waals surface area contributed by atoms with Crippen LogP contribution in [0, 0.1) is 19.8 Å². The summed E-state index contributed by atoms with van der Waals surface area (Å²) in [5.74, 6) is 1.47. The van der Waals surface area contributed by atoms with Gasteiger partial charge in [0.05, 0.1) is 12.9 Å². The zero-order valence-corrected chi connectivity index (χ0v) is 17.7. The number of sulfonamides is 1. The molecule has 0 radical (unpaired) electrons. The van der Waals surface area contributed by atoms with Crippen LogP contribution in [-0.2, 0) is 16.6 Å². The van der Waals surface area contributed by atoms with E-state index in [1.807, 2.05) is 32.0 Å². The molecule has 9 heteroatoms. The fraction of sp³-hybridized carbons (Fsp3) is 0.450. The van der Waals surface area contributed by atoms with Gasteiger partial charge in [-0.1, -0.05) is 18.1 Å². The van der Waals surface area contributed by atoms with Crippen molar-refractivity contribution in [3.63, 3.8) is 0 Å². The predicted molar refractivity (Wildman–Crippen MR) is 108 cm³/mol.